The van der Waals surface area contributed by atoms with E-state index in [1.807, 2.05) is 31.5 Å². The van der Waals surface area contributed by atoms with E-state index in [4.69, 9.17) is 11.6 Å². The van der Waals surface area contributed by atoms with Crippen molar-refractivity contribution in [3.63, 3.8) is 0 Å². The van der Waals surface area contributed by atoms with E-state index < -0.39 is 0 Å². The molecule has 2 aromatic heterocycles. The van der Waals surface area contributed by atoms with Gasteiger partial charge in [-0.2, -0.15) is 0 Å². The highest BCUT2D eigenvalue weighted by Gasteiger charge is 2.18. The lowest BCUT2D eigenvalue weighted by Gasteiger charge is -2.18. The lowest BCUT2D eigenvalue weighted by molar-refractivity contribution is 0.0952. The first kappa shape index (κ1) is 15.5. The summed E-state index contributed by atoms with van der Waals surface area (Å²) in [7, 11) is 0. The van der Waals surface area contributed by atoms with Gasteiger partial charge in [-0.3, -0.25) is 4.79 Å². The summed E-state index contributed by atoms with van der Waals surface area (Å²) in [6, 6.07) is 3.38. The van der Waals surface area contributed by atoms with Crippen molar-refractivity contribution in [2.75, 3.05) is 6.54 Å². The standard InChI is InChI=1S/C15H19ClN4O/c1-15(2,3)12-8-11(9-13(16)19-12)14(21)18-5-7-20-6-4-17-10-20/h4,6,8-10H,5,7H2,1-3H3,(H,18,21). The summed E-state index contributed by atoms with van der Waals surface area (Å²) in [5, 5.41) is 3.20. The molecule has 2 heterocycles. The third-order valence-corrected chi connectivity index (χ3v) is 3.23. The zero-order valence-corrected chi connectivity index (χ0v) is 13.2. The largest absolute Gasteiger partial charge is 0.350 e. The van der Waals surface area contributed by atoms with Crippen molar-refractivity contribution in [1.29, 1.82) is 0 Å². The summed E-state index contributed by atoms with van der Waals surface area (Å²) in [5.74, 6) is -0.148. The quantitative estimate of drug-likeness (QED) is 0.883. The maximum atomic E-state index is 12.2. The molecule has 0 unspecified atom stereocenters. The van der Waals surface area contributed by atoms with Gasteiger partial charge < -0.3 is 9.88 Å². The second-order valence-corrected chi connectivity index (χ2v) is 6.26. The smallest absolute Gasteiger partial charge is 0.251 e. The van der Waals surface area contributed by atoms with Crippen molar-refractivity contribution < 1.29 is 4.79 Å². The maximum absolute atomic E-state index is 12.2. The number of halogens is 1. The van der Waals surface area contributed by atoms with Crippen molar-refractivity contribution in [3.8, 4) is 0 Å². The molecule has 0 aromatic carbocycles. The van der Waals surface area contributed by atoms with Crippen LogP contribution in [0.5, 0.6) is 0 Å². The number of imidazole rings is 1. The van der Waals surface area contributed by atoms with Crippen LogP contribution in [0.4, 0.5) is 0 Å². The molecule has 0 fully saturated rings. The van der Waals surface area contributed by atoms with Crippen LogP contribution >= 0.6 is 11.6 Å². The molecule has 2 rings (SSSR count). The predicted octanol–water partition coefficient (Wildman–Crippen LogP) is 2.66. The fourth-order valence-electron chi connectivity index (χ4n) is 1.83. The highest BCUT2D eigenvalue weighted by atomic mass is 35.5. The zero-order chi connectivity index (χ0) is 15.5. The SMILES string of the molecule is CC(C)(C)c1cc(C(=O)NCCn2ccnc2)cc(Cl)n1. The number of aromatic nitrogens is 3. The van der Waals surface area contributed by atoms with Crippen LogP contribution < -0.4 is 5.32 Å². The first-order chi connectivity index (χ1) is 9.86. The average molecular weight is 307 g/mol. The Morgan fingerprint density at radius 2 is 2.14 bits per heavy atom. The van der Waals surface area contributed by atoms with Gasteiger partial charge in [0.2, 0.25) is 0 Å². The third kappa shape index (κ3) is 4.29. The minimum Gasteiger partial charge on any atom is -0.350 e. The van der Waals surface area contributed by atoms with Crippen LogP contribution in [-0.4, -0.2) is 27.0 Å². The van der Waals surface area contributed by atoms with Gasteiger partial charge in [0, 0.05) is 42.2 Å². The molecule has 0 bridgehead atoms. The average Bonchev–Trinajstić information content (AvgIpc) is 2.90. The Labute approximate surface area is 129 Å². The Balaban J connectivity index is 2.03. The zero-order valence-electron chi connectivity index (χ0n) is 12.4. The van der Waals surface area contributed by atoms with Gasteiger partial charge in [-0.1, -0.05) is 32.4 Å². The number of hydrogen-bond donors (Lipinski definition) is 1. The number of hydrogen-bond acceptors (Lipinski definition) is 3. The Bertz CT molecular complexity index is 617. The first-order valence-electron chi connectivity index (χ1n) is 6.78. The van der Waals surface area contributed by atoms with Crippen molar-refractivity contribution in [3.05, 3.63) is 47.3 Å². The molecule has 0 spiro atoms. The van der Waals surface area contributed by atoms with E-state index in [1.165, 1.54) is 0 Å². The van der Waals surface area contributed by atoms with E-state index in [-0.39, 0.29) is 11.3 Å². The minimum absolute atomic E-state index is 0.148. The van der Waals surface area contributed by atoms with Crippen molar-refractivity contribution in [1.82, 2.24) is 19.9 Å². The normalized spacial score (nSPS) is 11.4. The van der Waals surface area contributed by atoms with Crippen LogP contribution in [0.3, 0.4) is 0 Å². The number of carbonyl (C=O) groups is 1. The molecule has 0 radical (unpaired) electrons. The van der Waals surface area contributed by atoms with E-state index in [2.05, 4.69) is 15.3 Å². The fourth-order valence-corrected chi connectivity index (χ4v) is 2.04. The lowest BCUT2D eigenvalue weighted by Crippen LogP contribution is -2.27. The number of rotatable bonds is 4. The third-order valence-electron chi connectivity index (χ3n) is 3.04. The topological polar surface area (TPSA) is 59.8 Å². The van der Waals surface area contributed by atoms with E-state index in [0.717, 1.165) is 5.69 Å². The molecule has 0 aliphatic carbocycles. The highest BCUT2D eigenvalue weighted by molar-refractivity contribution is 6.29. The molecule has 6 heteroatoms. The predicted molar refractivity (Wildman–Crippen MR) is 82.5 cm³/mol. The summed E-state index contributed by atoms with van der Waals surface area (Å²) in [4.78, 5) is 20.4. The molecule has 1 amide bonds. The summed E-state index contributed by atoms with van der Waals surface area (Å²) in [6.07, 6.45) is 5.28. The van der Waals surface area contributed by atoms with Crippen LogP contribution in [0.2, 0.25) is 5.15 Å². The summed E-state index contributed by atoms with van der Waals surface area (Å²) in [6.45, 7) is 7.31. The number of carbonyl (C=O) groups excluding carboxylic acids is 1. The highest BCUT2D eigenvalue weighted by Crippen LogP contribution is 2.23. The minimum atomic E-state index is -0.156. The van der Waals surface area contributed by atoms with E-state index in [0.29, 0.717) is 23.8 Å². The molecule has 0 aliphatic rings. The second-order valence-electron chi connectivity index (χ2n) is 5.87. The Kier molecular flexibility index (Phi) is 4.63. The molecule has 5 nitrogen and oxygen atoms in total. The molecule has 0 atom stereocenters. The van der Waals surface area contributed by atoms with Crippen molar-refractivity contribution in [2.24, 2.45) is 0 Å². The number of pyridine rings is 1. The summed E-state index contributed by atoms with van der Waals surface area (Å²) in [5.41, 5.74) is 1.18. The van der Waals surface area contributed by atoms with Gasteiger partial charge >= 0.3 is 0 Å². The van der Waals surface area contributed by atoms with Gasteiger partial charge in [0.25, 0.3) is 5.91 Å². The molecule has 0 saturated heterocycles. The molecule has 21 heavy (non-hydrogen) atoms. The molecule has 0 aliphatic heterocycles. The van der Waals surface area contributed by atoms with Gasteiger partial charge in [-0.25, -0.2) is 9.97 Å². The second kappa shape index (κ2) is 6.26. The molecule has 2 aromatic rings. The fraction of sp³-hybridized carbons (Fsp3) is 0.400. The van der Waals surface area contributed by atoms with Crippen LogP contribution in [-0.2, 0) is 12.0 Å². The van der Waals surface area contributed by atoms with Crippen LogP contribution in [0, 0.1) is 0 Å². The van der Waals surface area contributed by atoms with Crippen LogP contribution in [0.15, 0.2) is 30.9 Å². The lowest BCUT2D eigenvalue weighted by atomic mass is 9.91. The van der Waals surface area contributed by atoms with Crippen molar-refractivity contribution >= 4 is 17.5 Å². The molecular formula is C15H19ClN4O. The number of nitrogens with one attached hydrogen (secondary N) is 1. The molecule has 1 N–H and O–H groups in total. The Morgan fingerprint density at radius 1 is 1.38 bits per heavy atom. The van der Waals surface area contributed by atoms with E-state index in [1.54, 1.807) is 24.7 Å². The summed E-state index contributed by atoms with van der Waals surface area (Å²) >= 11 is 6.01. The van der Waals surface area contributed by atoms with Gasteiger partial charge in [-0.15, -0.1) is 0 Å². The van der Waals surface area contributed by atoms with Crippen LogP contribution in [0.1, 0.15) is 36.8 Å². The van der Waals surface area contributed by atoms with Gasteiger partial charge in [0.1, 0.15) is 5.15 Å². The van der Waals surface area contributed by atoms with Gasteiger partial charge in [0.15, 0.2) is 0 Å². The molecule has 0 saturated carbocycles. The van der Waals surface area contributed by atoms with Crippen LogP contribution in [0.25, 0.3) is 0 Å². The van der Waals surface area contributed by atoms with Gasteiger partial charge in [-0.05, 0) is 12.1 Å². The maximum Gasteiger partial charge on any atom is 0.251 e. The molecular weight excluding hydrogens is 288 g/mol. The van der Waals surface area contributed by atoms with Crippen molar-refractivity contribution in [2.45, 2.75) is 32.7 Å². The first-order valence-corrected chi connectivity index (χ1v) is 7.16. The Hall–Kier alpha value is -1.88. The number of nitrogens with zero attached hydrogens (tertiary/aromatic N) is 3. The Morgan fingerprint density at radius 3 is 2.76 bits per heavy atom. The summed E-state index contributed by atoms with van der Waals surface area (Å²) < 4.78 is 1.90. The molecule has 112 valence electrons. The number of amides is 1. The van der Waals surface area contributed by atoms with E-state index in [9.17, 15) is 4.79 Å². The van der Waals surface area contributed by atoms with E-state index >= 15 is 0 Å². The van der Waals surface area contributed by atoms with Gasteiger partial charge in [0.05, 0.1) is 6.33 Å². The monoisotopic (exact) mass is 306 g/mol.